The van der Waals surface area contributed by atoms with Crippen molar-refractivity contribution in [1.29, 1.82) is 0 Å². The SMILES string of the molecule is CCOC(=O)c1nnn(C(C)CC)c1-c1cnn(C)c1. The monoisotopic (exact) mass is 277 g/mol. The lowest BCUT2D eigenvalue weighted by Crippen LogP contribution is -2.10. The fraction of sp³-hybridized carbons (Fsp3) is 0.538. The predicted molar refractivity (Wildman–Crippen MR) is 73.2 cm³/mol. The Morgan fingerprint density at radius 1 is 1.45 bits per heavy atom. The number of carbonyl (C=O) groups is 1. The molecule has 0 amide bonds. The van der Waals surface area contributed by atoms with Gasteiger partial charge < -0.3 is 4.74 Å². The van der Waals surface area contributed by atoms with Gasteiger partial charge in [0.15, 0.2) is 5.69 Å². The van der Waals surface area contributed by atoms with Gasteiger partial charge in [-0.1, -0.05) is 12.1 Å². The summed E-state index contributed by atoms with van der Waals surface area (Å²) in [5.41, 5.74) is 1.70. The quantitative estimate of drug-likeness (QED) is 0.779. The molecular formula is C13H19N5O2. The predicted octanol–water partition coefficient (Wildman–Crippen LogP) is 1.83. The smallest absolute Gasteiger partial charge is 0.361 e. The van der Waals surface area contributed by atoms with Crippen LogP contribution >= 0.6 is 0 Å². The van der Waals surface area contributed by atoms with Crippen LogP contribution in [0.25, 0.3) is 11.3 Å². The molecule has 0 saturated carbocycles. The van der Waals surface area contributed by atoms with E-state index in [-0.39, 0.29) is 11.7 Å². The fourth-order valence-corrected chi connectivity index (χ4v) is 1.92. The zero-order valence-electron chi connectivity index (χ0n) is 12.2. The van der Waals surface area contributed by atoms with Gasteiger partial charge in [0, 0.05) is 18.8 Å². The van der Waals surface area contributed by atoms with Crippen LogP contribution in [-0.4, -0.2) is 37.4 Å². The number of hydrogen-bond acceptors (Lipinski definition) is 5. The van der Waals surface area contributed by atoms with Crippen molar-refractivity contribution in [2.24, 2.45) is 7.05 Å². The largest absolute Gasteiger partial charge is 0.461 e. The van der Waals surface area contributed by atoms with Gasteiger partial charge in [-0.05, 0) is 20.3 Å². The molecule has 7 nitrogen and oxygen atoms in total. The van der Waals surface area contributed by atoms with Crippen LogP contribution in [0.4, 0.5) is 0 Å². The first kappa shape index (κ1) is 14.2. The molecule has 0 spiro atoms. The van der Waals surface area contributed by atoms with Crippen molar-refractivity contribution < 1.29 is 9.53 Å². The number of rotatable bonds is 5. The topological polar surface area (TPSA) is 74.8 Å². The minimum absolute atomic E-state index is 0.140. The highest BCUT2D eigenvalue weighted by molar-refractivity contribution is 5.93. The fourth-order valence-electron chi connectivity index (χ4n) is 1.92. The molecule has 0 aromatic carbocycles. The van der Waals surface area contributed by atoms with Crippen molar-refractivity contribution in [2.45, 2.75) is 33.2 Å². The van der Waals surface area contributed by atoms with Crippen molar-refractivity contribution in [3.63, 3.8) is 0 Å². The Morgan fingerprint density at radius 2 is 2.20 bits per heavy atom. The summed E-state index contributed by atoms with van der Waals surface area (Å²) in [4.78, 5) is 12.0. The maximum absolute atomic E-state index is 12.0. The van der Waals surface area contributed by atoms with Crippen molar-refractivity contribution in [1.82, 2.24) is 24.8 Å². The van der Waals surface area contributed by atoms with E-state index in [1.807, 2.05) is 20.2 Å². The first-order valence-corrected chi connectivity index (χ1v) is 6.69. The van der Waals surface area contributed by atoms with Crippen molar-refractivity contribution in [3.05, 3.63) is 18.1 Å². The maximum Gasteiger partial charge on any atom is 0.361 e. The average molecular weight is 277 g/mol. The van der Waals surface area contributed by atoms with E-state index in [0.29, 0.717) is 12.3 Å². The Labute approximate surface area is 117 Å². The van der Waals surface area contributed by atoms with E-state index in [4.69, 9.17) is 4.74 Å². The van der Waals surface area contributed by atoms with Crippen molar-refractivity contribution in [3.8, 4) is 11.3 Å². The van der Waals surface area contributed by atoms with Crippen LogP contribution in [0.5, 0.6) is 0 Å². The number of hydrogen-bond donors (Lipinski definition) is 0. The van der Waals surface area contributed by atoms with Crippen LogP contribution in [-0.2, 0) is 11.8 Å². The highest BCUT2D eigenvalue weighted by Crippen LogP contribution is 2.26. The minimum atomic E-state index is -0.457. The molecule has 2 aromatic rings. The molecule has 1 atom stereocenters. The number of nitrogens with zero attached hydrogens (tertiary/aromatic N) is 5. The summed E-state index contributed by atoms with van der Waals surface area (Å²) in [7, 11) is 1.82. The van der Waals surface area contributed by atoms with Crippen LogP contribution in [0.15, 0.2) is 12.4 Å². The van der Waals surface area contributed by atoms with Gasteiger partial charge in [0.1, 0.15) is 5.69 Å². The Hall–Kier alpha value is -2.18. The summed E-state index contributed by atoms with van der Waals surface area (Å²) in [6, 6.07) is 0.140. The molecule has 2 aromatic heterocycles. The Morgan fingerprint density at radius 3 is 2.75 bits per heavy atom. The lowest BCUT2D eigenvalue weighted by atomic mass is 10.1. The molecule has 2 rings (SSSR count). The summed E-state index contributed by atoms with van der Waals surface area (Å²) < 4.78 is 8.47. The van der Waals surface area contributed by atoms with Gasteiger partial charge >= 0.3 is 5.97 Å². The Balaban J connectivity index is 2.53. The molecule has 0 aliphatic carbocycles. The summed E-state index contributed by atoms with van der Waals surface area (Å²) in [6.07, 6.45) is 4.42. The van der Waals surface area contributed by atoms with E-state index < -0.39 is 5.97 Å². The summed E-state index contributed by atoms with van der Waals surface area (Å²) >= 11 is 0. The number of carbonyl (C=O) groups excluding carboxylic acids is 1. The van der Waals surface area contributed by atoms with Crippen molar-refractivity contribution >= 4 is 5.97 Å². The molecular weight excluding hydrogens is 258 g/mol. The van der Waals surface area contributed by atoms with Crippen molar-refractivity contribution in [2.75, 3.05) is 6.61 Å². The van der Waals surface area contributed by atoms with Crippen LogP contribution in [0.3, 0.4) is 0 Å². The molecule has 20 heavy (non-hydrogen) atoms. The lowest BCUT2D eigenvalue weighted by Gasteiger charge is -2.12. The van der Waals surface area contributed by atoms with E-state index in [2.05, 4.69) is 22.3 Å². The molecule has 0 N–H and O–H groups in total. The number of esters is 1. The van der Waals surface area contributed by atoms with E-state index >= 15 is 0 Å². The van der Waals surface area contributed by atoms with Crippen LogP contribution in [0.2, 0.25) is 0 Å². The molecule has 0 radical (unpaired) electrons. The van der Waals surface area contributed by atoms with Gasteiger partial charge in [-0.2, -0.15) is 5.10 Å². The molecule has 1 unspecified atom stereocenters. The zero-order valence-corrected chi connectivity index (χ0v) is 12.2. The highest BCUT2D eigenvalue weighted by atomic mass is 16.5. The zero-order chi connectivity index (χ0) is 14.7. The third-order valence-corrected chi connectivity index (χ3v) is 3.15. The maximum atomic E-state index is 12.0. The van der Waals surface area contributed by atoms with E-state index in [9.17, 15) is 4.79 Å². The van der Waals surface area contributed by atoms with Gasteiger partial charge in [0.25, 0.3) is 0 Å². The van der Waals surface area contributed by atoms with Gasteiger partial charge in [-0.15, -0.1) is 5.10 Å². The van der Waals surface area contributed by atoms with Crippen LogP contribution < -0.4 is 0 Å². The molecule has 0 aliphatic heterocycles. The second-order valence-corrected chi connectivity index (χ2v) is 4.61. The Bertz CT molecular complexity index is 602. The minimum Gasteiger partial charge on any atom is -0.461 e. The molecule has 0 saturated heterocycles. The molecule has 0 fully saturated rings. The molecule has 0 aliphatic rings. The molecule has 2 heterocycles. The van der Waals surface area contributed by atoms with E-state index in [1.54, 1.807) is 22.5 Å². The molecule has 7 heteroatoms. The van der Waals surface area contributed by atoms with E-state index in [0.717, 1.165) is 12.0 Å². The van der Waals surface area contributed by atoms with Crippen LogP contribution in [0, 0.1) is 0 Å². The third kappa shape index (κ3) is 2.56. The van der Waals surface area contributed by atoms with Crippen LogP contribution in [0.1, 0.15) is 43.7 Å². The third-order valence-electron chi connectivity index (χ3n) is 3.15. The number of aryl methyl sites for hydroxylation is 1. The lowest BCUT2D eigenvalue weighted by molar-refractivity contribution is 0.0520. The number of aromatic nitrogens is 5. The van der Waals surface area contributed by atoms with Gasteiger partial charge in [0.05, 0.1) is 18.8 Å². The van der Waals surface area contributed by atoms with Gasteiger partial charge in [-0.25, -0.2) is 9.48 Å². The van der Waals surface area contributed by atoms with Gasteiger partial charge in [-0.3, -0.25) is 4.68 Å². The van der Waals surface area contributed by atoms with Gasteiger partial charge in [0.2, 0.25) is 0 Å². The standard InChI is InChI=1S/C13H19N5O2/c1-5-9(3)18-12(10-7-14-17(4)8-10)11(15-16-18)13(19)20-6-2/h7-9H,5-6H2,1-4H3. The average Bonchev–Trinajstić information content (AvgIpc) is 3.03. The first-order valence-electron chi connectivity index (χ1n) is 6.69. The summed E-state index contributed by atoms with van der Waals surface area (Å²) in [5.74, 6) is -0.457. The summed E-state index contributed by atoms with van der Waals surface area (Å²) in [5, 5.41) is 12.2. The number of ether oxygens (including phenoxy) is 1. The van der Waals surface area contributed by atoms with E-state index in [1.165, 1.54) is 0 Å². The second kappa shape index (κ2) is 5.85. The molecule has 108 valence electrons. The molecule has 0 bridgehead atoms. The summed E-state index contributed by atoms with van der Waals surface area (Å²) in [6.45, 7) is 6.16. The normalized spacial score (nSPS) is 12.4. The first-order chi connectivity index (χ1) is 9.58. The second-order valence-electron chi connectivity index (χ2n) is 4.61. The Kier molecular flexibility index (Phi) is 4.16. The highest BCUT2D eigenvalue weighted by Gasteiger charge is 2.24.